The van der Waals surface area contributed by atoms with Gasteiger partial charge in [0.15, 0.2) is 0 Å². The Morgan fingerprint density at radius 2 is 1.14 bits per heavy atom. The fraction of sp³-hybridized carbons (Fsp3) is 0.286. The second kappa shape index (κ2) is 9.01. The molecular weight excluding hydrogens is 352 g/mol. The molecule has 0 saturated heterocycles. The molecule has 4 rings (SSSR count). The van der Waals surface area contributed by atoms with Crippen molar-refractivity contribution in [3.8, 4) is 28.7 Å². The van der Waals surface area contributed by atoms with E-state index in [2.05, 4.69) is 79.4 Å². The van der Waals surface area contributed by atoms with Crippen LogP contribution in [0.15, 0.2) is 72.8 Å². The summed E-state index contributed by atoms with van der Waals surface area (Å²) in [7, 11) is 1.69. The van der Waals surface area contributed by atoms with Crippen molar-refractivity contribution in [3.63, 3.8) is 0 Å². The van der Waals surface area contributed by atoms with E-state index in [-0.39, 0.29) is 0 Å². The summed E-state index contributed by atoms with van der Waals surface area (Å²) >= 11 is 0. The molecule has 3 aromatic rings. The zero-order chi connectivity index (χ0) is 20.1. The van der Waals surface area contributed by atoms with Gasteiger partial charge in [-0.25, -0.2) is 0 Å². The zero-order valence-electron chi connectivity index (χ0n) is 17.3. The minimum atomic E-state index is 0.735. The van der Waals surface area contributed by atoms with Crippen LogP contribution in [0.25, 0.3) is 11.1 Å². The lowest BCUT2D eigenvalue weighted by atomic mass is 9.79. The highest BCUT2D eigenvalue weighted by molar-refractivity contribution is 5.65. The smallest absolute Gasteiger partial charge is 0.118 e. The average molecular weight is 381 g/mol. The number of hydrogen-bond donors (Lipinski definition) is 0. The molecule has 0 spiro atoms. The van der Waals surface area contributed by atoms with Crippen molar-refractivity contribution in [1.82, 2.24) is 0 Å². The van der Waals surface area contributed by atoms with Gasteiger partial charge in [0.05, 0.1) is 7.11 Å². The van der Waals surface area contributed by atoms with Crippen molar-refractivity contribution in [2.45, 2.75) is 38.5 Å². The molecule has 0 aromatic heterocycles. The summed E-state index contributed by atoms with van der Waals surface area (Å²) in [5, 5.41) is 0. The molecule has 1 nitrogen and oxygen atoms in total. The van der Waals surface area contributed by atoms with Gasteiger partial charge in [-0.1, -0.05) is 68.0 Å². The Hall–Kier alpha value is -2.98. The first-order chi connectivity index (χ1) is 14.2. The Kier molecular flexibility index (Phi) is 6.01. The lowest BCUT2D eigenvalue weighted by Crippen LogP contribution is -2.10. The van der Waals surface area contributed by atoms with Crippen LogP contribution in [-0.4, -0.2) is 7.11 Å². The summed E-state index contributed by atoms with van der Waals surface area (Å²) in [4.78, 5) is 0. The molecule has 1 fully saturated rings. The van der Waals surface area contributed by atoms with Crippen molar-refractivity contribution in [3.05, 3.63) is 89.5 Å². The van der Waals surface area contributed by atoms with Crippen LogP contribution in [0.5, 0.6) is 5.75 Å². The number of benzene rings is 3. The van der Waals surface area contributed by atoms with E-state index in [0.717, 1.165) is 28.7 Å². The Morgan fingerprint density at radius 1 is 0.655 bits per heavy atom. The first-order valence-electron chi connectivity index (χ1n) is 10.6. The van der Waals surface area contributed by atoms with Crippen molar-refractivity contribution in [2.75, 3.05) is 7.11 Å². The Morgan fingerprint density at radius 3 is 1.66 bits per heavy atom. The number of ether oxygens (including phenoxy) is 1. The standard InChI is InChI=1S/C28H28O/c1-21-3-11-24(12-4-21)25-13-7-22(8-14-25)5-6-23-9-15-26(16-10-23)27-17-19-28(29-2)20-18-27/h7-10,13-21,24H,3-4,11-12H2,1-2H3/t21-,24-. The van der Waals surface area contributed by atoms with Crippen LogP contribution in [0.4, 0.5) is 0 Å². The van der Waals surface area contributed by atoms with Gasteiger partial charge in [0.1, 0.15) is 5.75 Å². The number of methoxy groups -OCH3 is 1. The molecule has 146 valence electrons. The molecule has 0 aliphatic heterocycles. The van der Waals surface area contributed by atoms with Gasteiger partial charge in [-0.3, -0.25) is 0 Å². The molecule has 0 bridgehead atoms. The van der Waals surface area contributed by atoms with Gasteiger partial charge in [0.2, 0.25) is 0 Å². The highest BCUT2D eigenvalue weighted by atomic mass is 16.5. The normalized spacial score (nSPS) is 18.6. The predicted molar refractivity (Wildman–Crippen MR) is 121 cm³/mol. The quantitative estimate of drug-likeness (QED) is 0.442. The van der Waals surface area contributed by atoms with Crippen molar-refractivity contribution < 1.29 is 4.74 Å². The van der Waals surface area contributed by atoms with E-state index in [1.807, 2.05) is 12.1 Å². The molecule has 3 aromatic carbocycles. The van der Waals surface area contributed by atoms with E-state index < -0.39 is 0 Å². The maximum atomic E-state index is 5.23. The minimum absolute atomic E-state index is 0.735. The fourth-order valence-electron chi connectivity index (χ4n) is 4.11. The molecule has 29 heavy (non-hydrogen) atoms. The average Bonchev–Trinajstić information content (AvgIpc) is 2.79. The minimum Gasteiger partial charge on any atom is -0.497 e. The second-order valence-electron chi connectivity index (χ2n) is 8.13. The van der Waals surface area contributed by atoms with E-state index in [0.29, 0.717) is 0 Å². The largest absolute Gasteiger partial charge is 0.497 e. The molecule has 0 atom stereocenters. The van der Waals surface area contributed by atoms with Crippen LogP contribution in [0.3, 0.4) is 0 Å². The predicted octanol–water partition coefficient (Wildman–Crippen LogP) is 7.06. The van der Waals surface area contributed by atoms with E-state index in [1.54, 1.807) is 7.11 Å². The van der Waals surface area contributed by atoms with Gasteiger partial charge in [-0.05, 0) is 77.8 Å². The Balaban J connectivity index is 1.42. The van der Waals surface area contributed by atoms with E-state index in [9.17, 15) is 0 Å². The van der Waals surface area contributed by atoms with Crippen LogP contribution in [0.2, 0.25) is 0 Å². The molecule has 0 unspecified atom stereocenters. The van der Waals surface area contributed by atoms with Gasteiger partial charge in [0, 0.05) is 11.1 Å². The molecular formula is C28H28O. The maximum absolute atomic E-state index is 5.23. The summed E-state index contributed by atoms with van der Waals surface area (Å²) < 4.78 is 5.23. The molecule has 0 radical (unpaired) electrons. The maximum Gasteiger partial charge on any atom is 0.118 e. The Labute approximate surface area is 174 Å². The van der Waals surface area contributed by atoms with Gasteiger partial charge in [-0.15, -0.1) is 0 Å². The molecule has 0 amide bonds. The molecule has 1 heteroatoms. The third-order valence-corrected chi connectivity index (χ3v) is 6.06. The van der Waals surface area contributed by atoms with E-state index in [4.69, 9.17) is 4.74 Å². The van der Waals surface area contributed by atoms with E-state index >= 15 is 0 Å². The number of rotatable bonds is 3. The van der Waals surface area contributed by atoms with Gasteiger partial charge in [0.25, 0.3) is 0 Å². The first kappa shape index (κ1) is 19.3. The third-order valence-electron chi connectivity index (χ3n) is 6.06. The number of hydrogen-bond acceptors (Lipinski definition) is 1. The SMILES string of the molecule is COc1ccc(-c2ccc(C#Cc3ccc([C@H]4CC[C@H](C)CC4)cc3)cc2)cc1. The molecule has 0 N–H and O–H groups in total. The first-order valence-corrected chi connectivity index (χ1v) is 10.6. The topological polar surface area (TPSA) is 9.23 Å². The monoisotopic (exact) mass is 380 g/mol. The Bertz CT molecular complexity index is 977. The van der Waals surface area contributed by atoms with Crippen molar-refractivity contribution >= 4 is 0 Å². The lowest BCUT2D eigenvalue weighted by Gasteiger charge is -2.26. The van der Waals surface area contributed by atoms with Crippen LogP contribution >= 0.6 is 0 Å². The summed E-state index contributed by atoms with van der Waals surface area (Å²) in [5.41, 5.74) is 5.96. The van der Waals surface area contributed by atoms with Gasteiger partial charge < -0.3 is 4.74 Å². The van der Waals surface area contributed by atoms with Gasteiger partial charge >= 0.3 is 0 Å². The molecule has 1 saturated carbocycles. The molecule has 0 heterocycles. The lowest BCUT2D eigenvalue weighted by molar-refractivity contribution is 0.348. The summed E-state index contributed by atoms with van der Waals surface area (Å²) in [5.74, 6) is 9.10. The zero-order valence-corrected chi connectivity index (χ0v) is 17.3. The van der Waals surface area contributed by atoms with Crippen LogP contribution in [0.1, 0.15) is 55.2 Å². The van der Waals surface area contributed by atoms with E-state index in [1.165, 1.54) is 42.4 Å². The second-order valence-corrected chi connectivity index (χ2v) is 8.13. The van der Waals surface area contributed by atoms with Crippen LogP contribution < -0.4 is 4.74 Å². The highest BCUT2D eigenvalue weighted by Crippen LogP contribution is 2.35. The summed E-state index contributed by atoms with van der Waals surface area (Å²) in [6, 6.07) is 25.4. The van der Waals surface area contributed by atoms with Crippen molar-refractivity contribution in [1.29, 1.82) is 0 Å². The summed E-state index contributed by atoms with van der Waals surface area (Å²) in [6.07, 6.45) is 5.37. The highest BCUT2D eigenvalue weighted by Gasteiger charge is 2.19. The van der Waals surface area contributed by atoms with Crippen molar-refractivity contribution in [2.24, 2.45) is 5.92 Å². The molecule has 1 aliphatic carbocycles. The van der Waals surface area contributed by atoms with Crippen LogP contribution in [-0.2, 0) is 0 Å². The molecule has 1 aliphatic rings. The third kappa shape index (κ3) is 4.90. The van der Waals surface area contributed by atoms with Gasteiger partial charge in [-0.2, -0.15) is 0 Å². The fourth-order valence-corrected chi connectivity index (χ4v) is 4.11. The summed E-state index contributed by atoms with van der Waals surface area (Å²) in [6.45, 7) is 2.37. The van der Waals surface area contributed by atoms with Crippen LogP contribution in [0, 0.1) is 17.8 Å².